The molecule has 0 fully saturated rings. The molecule has 0 radical (unpaired) electrons. The molecule has 0 aliphatic carbocycles. The average Bonchev–Trinajstić information content (AvgIpc) is 1.69. The van der Waals surface area contributed by atoms with Crippen molar-refractivity contribution in [2.75, 3.05) is 13.2 Å². The summed E-state index contributed by atoms with van der Waals surface area (Å²) in [5.74, 6) is 0.0926. The van der Waals surface area contributed by atoms with Crippen molar-refractivity contribution in [2.24, 2.45) is 11.7 Å². The Morgan fingerprint density at radius 3 is 2.38 bits per heavy atom. The van der Waals surface area contributed by atoms with Crippen LogP contribution in [-0.4, -0.2) is 18.3 Å². The van der Waals surface area contributed by atoms with Gasteiger partial charge >= 0.3 is 0 Å². The first-order valence-corrected chi connectivity index (χ1v) is 2.68. The zero-order valence-electron chi connectivity index (χ0n) is 5.22. The fraction of sp³-hybridized carbons (Fsp3) is 0.667. The second kappa shape index (κ2) is 3.64. The van der Waals surface area contributed by atoms with Gasteiger partial charge in [0.15, 0.2) is 0 Å². The van der Waals surface area contributed by atoms with Crippen molar-refractivity contribution in [3.05, 3.63) is 12.2 Å². The third kappa shape index (κ3) is 2.09. The Kier molecular flexibility index (Phi) is 3.48. The van der Waals surface area contributed by atoms with Gasteiger partial charge in [-0.05, 0) is 6.92 Å². The van der Waals surface area contributed by atoms with Crippen molar-refractivity contribution >= 4 is 0 Å². The normalized spacial score (nSPS) is 13.4. The van der Waals surface area contributed by atoms with Crippen molar-refractivity contribution < 1.29 is 5.11 Å². The molecular formula is C6H13NO. The Morgan fingerprint density at radius 2 is 2.38 bits per heavy atom. The highest BCUT2D eigenvalue weighted by Crippen LogP contribution is 2.03. The summed E-state index contributed by atoms with van der Waals surface area (Å²) in [5.41, 5.74) is 6.22. The second-order valence-corrected chi connectivity index (χ2v) is 1.96. The van der Waals surface area contributed by atoms with Crippen LogP contribution in [0.4, 0.5) is 0 Å². The monoisotopic (exact) mass is 115 g/mol. The first-order chi connectivity index (χ1) is 3.72. The smallest absolute Gasteiger partial charge is 0.0508 e. The fourth-order valence-electron chi connectivity index (χ4n) is 0.432. The van der Waals surface area contributed by atoms with E-state index in [4.69, 9.17) is 10.8 Å². The van der Waals surface area contributed by atoms with E-state index in [1.807, 2.05) is 6.92 Å². The summed E-state index contributed by atoms with van der Waals surface area (Å²) >= 11 is 0. The van der Waals surface area contributed by atoms with Gasteiger partial charge in [-0.3, -0.25) is 0 Å². The quantitative estimate of drug-likeness (QED) is 0.513. The SMILES string of the molecule is C=C(C)C(CN)CO. The molecule has 2 nitrogen and oxygen atoms in total. The lowest BCUT2D eigenvalue weighted by Gasteiger charge is -2.08. The van der Waals surface area contributed by atoms with E-state index in [0.717, 1.165) is 5.57 Å². The zero-order chi connectivity index (χ0) is 6.57. The predicted octanol–water partition coefficient (Wildman–Crippen LogP) is 0.130. The van der Waals surface area contributed by atoms with E-state index >= 15 is 0 Å². The van der Waals surface area contributed by atoms with Crippen LogP contribution < -0.4 is 5.73 Å². The van der Waals surface area contributed by atoms with Gasteiger partial charge in [0.25, 0.3) is 0 Å². The van der Waals surface area contributed by atoms with Crippen molar-refractivity contribution in [3.63, 3.8) is 0 Å². The minimum atomic E-state index is 0.0926. The van der Waals surface area contributed by atoms with Gasteiger partial charge in [0, 0.05) is 12.5 Å². The zero-order valence-corrected chi connectivity index (χ0v) is 5.22. The third-order valence-corrected chi connectivity index (χ3v) is 1.20. The van der Waals surface area contributed by atoms with Crippen LogP contribution in [0.1, 0.15) is 6.92 Å². The summed E-state index contributed by atoms with van der Waals surface area (Å²) in [7, 11) is 0. The van der Waals surface area contributed by atoms with Gasteiger partial charge in [-0.15, -0.1) is 0 Å². The number of hydrogen-bond donors (Lipinski definition) is 2. The Morgan fingerprint density at radius 1 is 1.88 bits per heavy atom. The summed E-state index contributed by atoms with van der Waals surface area (Å²) in [6.45, 7) is 6.13. The molecule has 0 rings (SSSR count). The molecule has 8 heavy (non-hydrogen) atoms. The summed E-state index contributed by atoms with van der Waals surface area (Å²) < 4.78 is 0. The lowest BCUT2D eigenvalue weighted by Crippen LogP contribution is -2.18. The molecule has 0 amide bonds. The molecule has 0 saturated carbocycles. The molecule has 48 valence electrons. The lowest BCUT2D eigenvalue weighted by molar-refractivity contribution is 0.250. The molecule has 0 aromatic rings. The lowest BCUT2D eigenvalue weighted by atomic mass is 10.0. The molecule has 1 unspecified atom stereocenters. The highest BCUT2D eigenvalue weighted by molar-refractivity contribution is 4.96. The maximum absolute atomic E-state index is 8.56. The summed E-state index contributed by atoms with van der Waals surface area (Å²) in [6.07, 6.45) is 0. The summed E-state index contributed by atoms with van der Waals surface area (Å²) in [4.78, 5) is 0. The molecule has 0 aromatic heterocycles. The van der Waals surface area contributed by atoms with Crippen LogP contribution in [0.5, 0.6) is 0 Å². The second-order valence-electron chi connectivity index (χ2n) is 1.96. The van der Waals surface area contributed by atoms with Crippen molar-refractivity contribution in [1.82, 2.24) is 0 Å². The molecule has 0 aromatic carbocycles. The van der Waals surface area contributed by atoms with E-state index in [1.54, 1.807) is 0 Å². The molecule has 0 aliphatic rings. The van der Waals surface area contributed by atoms with Crippen LogP contribution in [0.3, 0.4) is 0 Å². The number of nitrogens with two attached hydrogens (primary N) is 1. The standard InChI is InChI=1S/C6H13NO/c1-5(2)6(3-7)4-8/h6,8H,1,3-4,7H2,2H3. The molecular weight excluding hydrogens is 102 g/mol. The van der Waals surface area contributed by atoms with Crippen molar-refractivity contribution in [2.45, 2.75) is 6.92 Å². The minimum Gasteiger partial charge on any atom is -0.396 e. The van der Waals surface area contributed by atoms with Gasteiger partial charge in [-0.25, -0.2) is 0 Å². The Hall–Kier alpha value is -0.340. The van der Waals surface area contributed by atoms with E-state index in [9.17, 15) is 0 Å². The Bertz CT molecular complexity index is 76.6. The van der Waals surface area contributed by atoms with E-state index in [0.29, 0.717) is 6.54 Å². The molecule has 3 N–H and O–H groups in total. The first-order valence-electron chi connectivity index (χ1n) is 2.68. The van der Waals surface area contributed by atoms with Crippen LogP contribution in [0.25, 0.3) is 0 Å². The van der Waals surface area contributed by atoms with Crippen LogP contribution in [0.2, 0.25) is 0 Å². The number of aliphatic hydroxyl groups is 1. The predicted molar refractivity (Wildman–Crippen MR) is 34.4 cm³/mol. The van der Waals surface area contributed by atoms with Gasteiger partial charge in [0.05, 0.1) is 6.61 Å². The molecule has 2 heteroatoms. The van der Waals surface area contributed by atoms with E-state index in [2.05, 4.69) is 6.58 Å². The van der Waals surface area contributed by atoms with Gasteiger partial charge in [-0.1, -0.05) is 12.2 Å². The van der Waals surface area contributed by atoms with E-state index in [1.165, 1.54) is 0 Å². The summed E-state index contributed by atoms with van der Waals surface area (Å²) in [6, 6.07) is 0. The van der Waals surface area contributed by atoms with Gasteiger partial charge in [-0.2, -0.15) is 0 Å². The third-order valence-electron chi connectivity index (χ3n) is 1.20. The van der Waals surface area contributed by atoms with Crippen LogP contribution >= 0.6 is 0 Å². The topological polar surface area (TPSA) is 46.2 Å². The summed E-state index contributed by atoms with van der Waals surface area (Å²) in [5, 5.41) is 8.56. The number of rotatable bonds is 3. The van der Waals surface area contributed by atoms with Gasteiger partial charge in [0.2, 0.25) is 0 Å². The maximum Gasteiger partial charge on any atom is 0.0508 e. The van der Waals surface area contributed by atoms with Crippen molar-refractivity contribution in [1.29, 1.82) is 0 Å². The molecule has 1 atom stereocenters. The van der Waals surface area contributed by atoms with Crippen LogP contribution in [0, 0.1) is 5.92 Å². The largest absolute Gasteiger partial charge is 0.396 e. The molecule has 0 heterocycles. The molecule has 0 bridgehead atoms. The molecule has 0 saturated heterocycles. The molecule has 0 aliphatic heterocycles. The van der Waals surface area contributed by atoms with Crippen LogP contribution in [0.15, 0.2) is 12.2 Å². The minimum absolute atomic E-state index is 0.0926. The van der Waals surface area contributed by atoms with Crippen molar-refractivity contribution in [3.8, 4) is 0 Å². The Labute approximate surface area is 50.0 Å². The fourth-order valence-corrected chi connectivity index (χ4v) is 0.432. The van der Waals surface area contributed by atoms with E-state index < -0.39 is 0 Å². The van der Waals surface area contributed by atoms with Gasteiger partial charge < -0.3 is 10.8 Å². The number of aliphatic hydroxyl groups excluding tert-OH is 1. The highest BCUT2D eigenvalue weighted by atomic mass is 16.3. The molecule has 0 spiro atoms. The first kappa shape index (κ1) is 7.66. The Balaban J connectivity index is 3.52. The average molecular weight is 115 g/mol. The maximum atomic E-state index is 8.56. The highest BCUT2D eigenvalue weighted by Gasteiger charge is 2.02. The van der Waals surface area contributed by atoms with E-state index in [-0.39, 0.29) is 12.5 Å². The van der Waals surface area contributed by atoms with Crippen LogP contribution in [-0.2, 0) is 0 Å². The van der Waals surface area contributed by atoms with Gasteiger partial charge in [0.1, 0.15) is 0 Å². The number of hydrogen-bond acceptors (Lipinski definition) is 2.